The molecule has 0 saturated carbocycles. The highest BCUT2D eigenvalue weighted by molar-refractivity contribution is 5.97. The molecule has 0 spiro atoms. The molecule has 1 fully saturated rings. The fourth-order valence-corrected chi connectivity index (χ4v) is 3.01. The maximum absolute atomic E-state index is 12.7. The Labute approximate surface area is 152 Å². The molecule has 2 amide bonds. The summed E-state index contributed by atoms with van der Waals surface area (Å²) in [6, 6.07) is 13.5. The van der Waals surface area contributed by atoms with Crippen molar-refractivity contribution in [3.8, 4) is 5.75 Å². The number of hydrogen-bond donors (Lipinski definition) is 2. The predicted octanol–water partition coefficient (Wildman–Crippen LogP) is 2.88. The average Bonchev–Trinajstić information content (AvgIpc) is 3.02. The SMILES string of the molecule is Cc1cccc(NC(=O)[C@@H]2C[C@H](O)CN2C(=O)Oc2ccccc2)c1C. The molecule has 0 bridgehead atoms. The van der Waals surface area contributed by atoms with Crippen molar-refractivity contribution in [1.82, 2.24) is 4.90 Å². The molecule has 2 N–H and O–H groups in total. The number of rotatable bonds is 3. The number of benzene rings is 2. The smallest absolute Gasteiger partial charge is 0.410 e. The van der Waals surface area contributed by atoms with Crippen LogP contribution in [-0.4, -0.2) is 40.7 Å². The van der Waals surface area contributed by atoms with Crippen LogP contribution in [0.2, 0.25) is 0 Å². The summed E-state index contributed by atoms with van der Waals surface area (Å²) in [5.74, 6) is 0.0628. The first-order chi connectivity index (χ1) is 12.5. The van der Waals surface area contributed by atoms with Gasteiger partial charge in [0.2, 0.25) is 5.91 Å². The van der Waals surface area contributed by atoms with Gasteiger partial charge >= 0.3 is 6.09 Å². The number of likely N-dealkylation sites (tertiary alicyclic amines) is 1. The first-order valence-electron chi connectivity index (χ1n) is 8.54. The van der Waals surface area contributed by atoms with Gasteiger partial charge < -0.3 is 15.2 Å². The van der Waals surface area contributed by atoms with Crippen molar-refractivity contribution >= 4 is 17.7 Å². The summed E-state index contributed by atoms with van der Waals surface area (Å²) in [6.45, 7) is 3.96. The number of aliphatic hydroxyl groups is 1. The quantitative estimate of drug-likeness (QED) is 0.888. The summed E-state index contributed by atoms with van der Waals surface area (Å²) >= 11 is 0. The van der Waals surface area contributed by atoms with E-state index in [2.05, 4.69) is 5.32 Å². The zero-order valence-electron chi connectivity index (χ0n) is 14.8. The van der Waals surface area contributed by atoms with Gasteiger partial charge in [-0.05, 0) is 43.2 Å². The van der Waals surface area contributed by atoms with Crippen molar-refractivity contribution in [2.75, 3.05) is 11.9 Å². The highest BCUT2D eigenvalue weighted by Crippen LogP contribution is 2.24. The van der Waals surface area contributed by atoms with E-state index in [1.807, 2.05) is 38.1 Å². The minimum Gasteiger partial charge on any atom is -0.410 e. The van der Waals surface area contributed by atoms with Crippen molar-refractivity contribution in [2.45, 2.75) is 32.4 Å². The molecule has 6 nitrogen and oxygen atoms in total. The lowest BCUT2D eigenvalue weighted by Gasteiger charge is -2.23. The third kappa shape index (κ3) is 3.86. The number of aryl methyl sites for hydroxylation is 1. The molecule has 0 unspecified atom stereocenters. The number of nitrogens with one attached hydrogen (secondary N) is 1. The van der Waals surface area contributed by atoms with Gasteiger partial charge in [0.05, 0.1) is 12.6 Å². The van der Waals surface area contributed by atoms with Gasteiger partial charge in [0.1, 0.15) is 11.8 Å². The van der Waals surface area contributed by atoms with Crippen LogP contribution in [0.3, 0.4) is 0 Å². The fourth-order valence-electron chi connectivity index (χ4n) is 3.01. The Balaban J connectivity index is 1.73. The largest absolute Gasteiger partial charge is 0.416 e. The van der Waals surface area contributed by atoms with Crippen molar-refractivity contribution in [2.24, 2.45) is 0 Å². The van der Waals surface area contributed by atoms with E-state index >= 15 is 0 Å². The minimum atomic E-state index is -0.777. The maximum Gasteiger partial charge on any atom is 0.416 e. The van der Waals surface area contributed by atoms with Gasteiger partial charge in [-0.25, -0.2) is 4.79 Å². The number of amides is 2. The van der Waals surface area contributed by atoms with Gasteiger partial charge in [-0.2, -0.15) is 0 Å². The van der Waals surface area contributed by atoms with E-state index in [0.29, 0.717) is 11.4 Å². The Morgan fingerprint density at radius 3 is 2.58 bits per heavy atom. The van der Waals surface area contributed by atoms with Crippen LogP contribution in [0, 0.1) is 13.8 Å². The Bertz CT molecular complexity index is 807. The maximum atomic E-state index is 12.7. The summed E-state index contributed by atoms with van der Waals surface area (Å²) < 4.78 is 5.32. The van der Waals surface area contributed by atoms with Gasteiger partial charge in [-0.15, -0.1) is 0 Å². The van der Waals surface area contributed by atoms with Gasteiger partial charge in [-0.3, -0.25) is 9.69 Å². The third-order valence-corrected chi connectivity index (χ3v) is 4.63. The van der Waals surface area contributed by atoms with E-state index in [9.17, 15) is 14.7 Å². The lowest BCUT2D eigenvalue weighted by atomic mass is 10.1. The van der Waals surface area contributed by atoms with Crippen LogP contribution in [-0.2, 0) is 4.79 Å². The van der Waals surface area contributed by atoms with Crippen LogP contribution in [0.1, 0.15) is 17.5 Å². The normalized spacial score (nSPS) is 19.3. The Hall–Kier alpha value is -2.86. The molecule has 6 heteroatoms. The van der Waals surface area contributed by atoms with Gasteiger partial charge in [0, 0.05) is 12.1 Å². The first kappa shape index (κ1) is 17.9. The number of nitrogens with zero attached hydrogens (tertiary/aromatic N) is 1. The van der Waals surface area contributed by atoms with Crippen LogP contribution in [0.25, 0.3) is 0 Å². The minimum absolute atomic E-state index is 0.0660. The summed E-state index contributed by atoms with van der Waals surface area (Å²) in [6.07, 6.45) is -1.22. The van der Waals surface area contributed by atoms with Crippen LogP contribution >= 0.6 is 0 Å². The van der Waals surface area contributed by atoms with Gasteiger partial charge in [0.15, 0.2) is 0 Å². The molecule has 1 saturated heterocycles. The molecule has 0 aromatic heterocycles. The molecule has 136 valence electrons. The Kier molecular flexibility index (Phi) is 5.23. The third-order valence-electron chi connectivity index (χ3n) is 4.63. The van der Waals surface area contributed by atoms with E-state index in [1.54, 1.807) is 24.3 Å². The van der Waals surface area contributed by atoms with Crippen LogP contribution in [0.4, 0.5) is 10.5 Å². The molecule has 0 radical (unpaired) electrons. The van der Waals surface area contributed by atoms with Crippen molar-refractivity contribution in [3.05, 3.63) is 59.7 Å². The molecular formula is C20H22N2O4. The summed E-state index contributed by atoms with van der Waals surface area (Å²) in [5, 5.41) is 12.8. The van der Waals surface area contributed by atoms with Crippen molar-refractivity contribution < 1.29 is 19.4 Å². The van der Waals surface area contributed by atoms with Gasteiger partial charge in [-0.1, -0.05) is 30.3 Å². The number of aliphatic hydroxyl groups excluding tert-OH is 1. The molecule has 1 aliphatic heterocycles. The molecule has 2 atom stereocenters. The number of hydrogen-bond acceptors (Lipinski definition) is 4. The molecule has 1 heterocycles. The second kappa shape index (κ2) is 7.58. The number of ether oxygens (including phenoxy) is 1. The lowest BCUT2D eigenvalue weighted by Crippen LogP contribution is -2.44. The first-order valence-corrected chi connectivity index (χ1v) is 8.54. The molecule has 1 aliphatic rings. The molecule has 26 heavy (non-hydrogen) atoms. The number of carbonyl (C=O) groups is 2. The number of β-amino-alcohol motifs (C(OH)–C–C–N with tert-alkyl or cyclic N) is 1. The molecule has 0 aliphatic carbocycles. The van der Waals surface area contributed by atoms with E-state index in [1.165, 1.54) is 4.90 Å². The molecule has 2 aromatic carbocycles. The average molecular weight is 354 g/mol. The van der Waals surface area contributed by atoms with Crippen LogP contribution in [0.5, 0.6) is 5.75 Å². The van der Waals surface area contributed by atoms with E-state index < -0.39 is 18.2 Å². The monoisotopic (exact) mass is 354 g/mol. The lowest BCUT2D eigenvalue weighted by molar-refractivity contribution is -0.119. The molecule has 2 aromatic rings. The standard InChI is InChI=1S/C20H22N2O4/c1-13-7-6-10-17(14(13)2)21-19(24)18-11-15(23)12-22(18)20(25)26-16-8-4-3-5-9-16/h3-10,15,18,23H,11-12H2,1-2H3,(H,21,24)/t15-,18-/m0/s1. The summed E-state index contributed by atoms with van der Waals surface area (Å²) in [4.78, 5) is 26.5. The van der Waals surface area contributed by atoms with E-state index in [4.69, 9.17) is 4.74 Å². The Morgan fingerprint density at radius 2 is 1.85 bits per heavy atom. The highest BCUT2D eigenvalue weighted by atomic mass is 16.6. The Morgan fingerprint density at radius 1 is 1.12 bits per heavy atom. The zero-order chi connectivity index (χ0) is 18.7. The second-order valence-corrected chi connectivity index (χ2v) is 6.48. The topological polar surface area (TPSA) is 78.9 Å². The molecular weight excluding hydrogens is 332 g/mol. The highest BCUT2D eigenvalue weighted by Gasteiger charge is 2.40. The fraction of sp³-hybridized carbons (Fsp3) is 0.300. The molecule has 3 rings (SSSR count). The van der Waals surface area contributed by atoms with Crippen molar-refractivity contribution in [3.63, 3.8) is 0 Å². The van der Waals surface area contributed by atoms with Crippen molar-refractivity contribution in [1.29, 1.82) is 0 Å². The number of anilines is 1. The number of carbonyl (C=O) groups excluding carboxylic acids is 2. The summed E-state index contributed by atoms with van der Waals surface area (Å²) in [7, 11) is 0. The zero-order valence-corrected chi connectivity index (χ0v) is 14.8. The van der Waals surface area contributed by atoms with E-state index in [0.717, 1.165) is 11.1 Å². The van der Waals surface area contributed by atoms with E-state index in [-0.39, 0.29) is 18.9 Å². The van der Waals surface area contributed by atoms with Gasteiger partial charge in [0.25, 0.3) is 0 Å². The summed E-state index contributed by atoms with van der Waals surface area (Å²) in [5.41, 5.74) is 2.74. The van der Waals surface area contributed by atoms with Crippen LogP contribution in [0.15, 0.2) is 48.5 Å². The predicted molar refractivity (Wildman–Crippen MR) is 98.1 cm³/mol. The second-order valence-electron chi connectivity index (χ2n) is 6.48. The number of para-hydroxylation sites is 1. The van der Waals surface area contributed by atoms with Crippen LogP contribution < -0.4 is 10.1 Å².